The van der Waals surface area contributed by atoms with Crippen LogP contribution in [-0.4, -0.2) is 11.8 Å². The van der Waals surface area contributed by atoms with Gasteiger partial charge in [-0.2, -0.15) is 5.26 Å². The van der Waals surface area contributed by atoms with Crippen molar-refractivity contribution in [1.29, 1.82) is 5.26 Å². The molecule has 100 valence electrons. The van der Waals surface area contributed by atoms with Crippen LogP contribution in [-0.2, 0) is 9.59 Å². The molecule has 0 aromatic heterocycles. The van der Waals surface area contributed by atoms with E-state index in [2.05, 4.69) is 0 Å². The van der Waals surface area contributed by atoms with Crippen LogP contribution in [0.2, 0.25) is 0 Å². The predicted molar refractivity (Wildman–Crippen MR) is 75.9 cm³/mol. The standard InChI is InChI=1S/C15H12N2O2S/c16-9-20-11-7-5-10(6-8-11)17-14(18)12-3-1-2-4-13(12)15(17)19/h5-8H,1-4H2. The second-order valence-electron chi connectivity index (χ2n) is 4.80. The highest BCUT2D eigenvalue weighted by molar-refractivity contribution is 8.03. The largest absolute Gasteiger partial charge is 0.269 e. The Bertz CT molecular complexity index is 627. The average molecular weight is 284 g/mol. The number of nitrogens with zero attached hydrogens (tertiary/aromatic N) is 2. The summed E-state index contributed by atoms with van der Waals surface area (Å²) in [5.41, 5.74) is 1.96. The molecule has 0 atom stereocenters. The van der Waals surface area contributed by atoms with E-state index in [0.29, 0.717) is 29.7 Å². The summed E-state index contributed by atoms with van der Waals surface area (Å²) in [5, 5.41) is 10.6. The van der Waals surface area contributed by atoms with Crippen molar-refractivity contribution in [3.05, 3.63) is 35.4 Å². The number of hydrogen-bond acceptors (Lipinski definition) is 4. The summed E-state index contributed by atoms with van der Waals surface area (Å²) in [4.78, 5) is 26.8. The van der Waals surface area contributed by atoms with Gasteiger partial charge in [0.2, 0.25) is 0 Å². The fraction of sp³-hybridized carbons (Fsp3) is 0.267. The summed E-state index contributed by atoms with van der Waals surface area (Å²) in [7, 11) is 0. The number of benzene rings is 1. The molecule has 1 aliphatic carbocycles. The third-order valence-corrected chi connectivity index (χ3v) is 4.25. The third kappa shape index (κ3) is 2.02. The van der Waals surface area contributed by atoms with Crippen molar-refractivity contribution in [2.24, 2.45) is 0 Å². The summed E-state index contributed by atoms with van der Waals surface area (Å²) in [6, 6.07) is 6.93. The van der Waals surface area contributed by atoms with Gasteiger partial charge in [-0.25, -0.2) is 4.90 Å². The summed E-state index contributed by atoms with van der Waals surface area (Å²) < 4.78 is 0. The Kier molecular flexibility index (Phi) is 3.33. The molecule has 2 amide bonds. The Labute approximate surface area is 121 Å². The van der Waals surface area contributed by atoms with Crippen LogP contribution in [0.15, 0.2) is 40.3 Å². The topological polar surface area (TPSA) is 61.2 Å². The Morgan fingerprint density at radius 2 is 1.55 bits per heavy atom. The van der Waals surface area contributed by atoms with E-state index in [1.54, 1.807) is 24.3 Å². The lowest BCUT2D eigenvalue weighted by atomic mass is 9.93. The second-order valence-corrected chi connectivity index (χ2v) is 5.66. The summed E-state index contributed by atoms with van der Waals surface area (Å²) in [6.07, 6.45) is 3.37. The minimum Gasteiger partial charge on any atom is -0.269 e. The first-order valence-electron chi connectivity index (χ1n) is 6.49. The maximum absolute atomic E-state index is 12.4. The molecule has 1 aromatic rings. The first-order chi connectivity index (χ1) is 9.72. The van der Waals surface area contributed by atoms with Crippen LogP contribution in [0, 0.1) is 10.7 Å². The average Bonchev–Trinajstić information content (AvgIpc) is 2.73. The van der Waals surface area contributed by atoms with Crippen molar-refractivity contribution >= 4 is 29.3 Å². The zero-order valence-corrected chi connectivity index (χ0v) is 11.6. The van der Waals surface area contributed by atoms with Gasteiger partial charge in [-0.15, -0.1) is 0 Å². The van der Waals surface area contributed by atoms with Crippen molar-refractivity contribution in [2.75, 3.05) is 4.90 Å². The number of hydrogen-bond donors (Lipinski definition) is 0. The molecule has 4 nitrogen and oxygen atoms in total. The molecule has 0 fully saturated rings. The number of amides is 2. The van der Waals surface area contributed by atoms with E-state index in [1.807, 2.05) is 5.40 Å². The van der Waals surface area contributed by atoms with Crippen LogP contribution in [0.5, 0.6) is 0 Å². The molecule has 0 bridgehead atoms. The van der Waals surface area contributed by atoms with E-state index in [4.69, 9.17) is 5.26 Å². The number of anilines is 1. The highest BCUT2D eigenvalue weighted by Gasteiger charge is 2.39. The first kappa shape index (κ1) is 12.9. The van der Waals surface area contributed by atoms with Crippen LogP contribution in [0.3, 0.4) is 0 Å². The zero-order chi connectivity index (χ0) is 14.1. The van der Waals surface area contributed by atoms with E-state index in [1.165, 1.54) is 4.90 Å². The molecule has 2 aliphatic rings. The summed E-state index contributed by atoms with van der Waals surface area (Å²) in [5.74, 6) is -0.351. The van der Waals surface area contributed by atoms with E-state index in [9.17, 15) is 9.59 Å². The zero-order valence-electron chi connectivity index (χ0n) is 10.8. The number of nitriles is 1. The van der Waals surface area contributed by atoms with Gasteiger partial charge in [0.1, 0.15) is 5.40 Å². The van der Waals surface area contributed by atoms with Crippen molar-refractivity contribution in [3.63, 3.8) is 0 Å². The third-order valence-electron chi connectivity index (χ3n) is 3.65. The Morgan fingerprint density at radius 3 is 2.05 bits per heavy atom. The maximum Gasteiger partial charge on any atom is 0.261 e. The Morgan fingerprint density at radius 1 is 1.00 bits per heavy atom. The molecule has 1 aliphatic heterocycles. The van der Waals surface area contributed by atoms with Gasteiger partial charge in [0, 0.05) is 16.0 Å². The highest BCUT2D eigenvalue weighted by atomic mass is 32.2. The van der Waals surface area contributed by atoms with Crippen molar-refractivity contribution in [3.8, 4) is 5.40 Å². The van der Waals surface area contributed by atoms with Gasteiger partial charge in [-0.05, 0) is 61.7 Å². The number of carbonyl (C=O) groups excluding carboxylic acids is 2. The molecule has 0 radical (unpaired) electrons. The fourth-order valence-electron chi connectivity index (χ4n) is 2.69. The lowest BCUT2D eigenvalue weighted by molar-refractivity contribution is -0.120. The lowest BCUT2D eigenvalue weighted by Crippen LogP contribution is -2.31. The van der Waals surface area contributed by atoms with Crippen molar-refractivity contribution < 1.29 is 9.59 Å². The van der Waals surface area contributed by atoms with Gasteiger partial charge in [-0.3, -0.25) is 9.59 Å². The summed E-state index contributed by atoms with van der Waals surface area (Å²) >= 11 is 1.05. The molecule has 20 heavy (non-hydrogen) atoms. The minimum absolute atomic E-state index is 0.176. The second kappa shape index (κ2) is 5.14. The van der Waals surface area contributed by atoms with Gasteiger partial charge in [0.15, 0.2) is 0 Å². The monoisotopic (exact) mass is 284 g/mol. The van der Waals surface area contributed by atoms with E-state index in [-0.39, 0.29) is 11.8 Å². The molecule has 0 saturated heterocycles. The molecule has 0 unspecified atom stereocenters. The molecule has 1 heterocycles. The van der Waals surface area contributed by atoms with Crippen LogP contribution >= 0.6 is 11.8 Å². The quantitative estimate of drug-likeness (QED) is 0.476. The predicted octanol–water partition coefficient (Wildman–Crippen LogP) is 3.00. The van der Waals surface area contributed by atoms with Crippen LogP contribution < -0.4 is 4.90 Å². The maximum atomic E-state index is 12.4. The Balaban J connectivity index is 1.90. The number of thiocyanates is 1. The van der Waals surface area contributed by atoms with Crippen molar-refractivity contribution in [2.45, 2.75) is 30.6 Å². The molecule has 0 N–H and O–H groups in total. The van der Waals surface area contributed by atoms with E-state index < -0.39 is 0 Å². The highest BCUT2D eigenvalue weighted by Crippen LogP contribution is 2.35. The molecule has 0 saturated carbocycles. The summed E-state index contributed by atoms with van der Waals surface area (Å²) in [6.45, 7) is 0. The van der Waals surface area contributed by atoms with Crippen LogP contribution in [0.4, 0.5) is 5.69 Å². The normalized spacial score (nSPS) is 18.2. The van der Waals surface area contributed by atoms with Crippen LogP contribution in [0.25, 0.3) is 0 Å². The molecule has 5 heteroatoms. The van der Waals surface area contributed by atoms with Crippen molar-refractivity contribution in [1.82, 2.24) is 0 Å². The van der Waals surface area contributed by atoms with E-state index in [0.717, 1.165) is 29.5 Å². The van der Waals surface area contributed by atoms with Gasteiger partial charge in [-0.1, -0.05) is 0 Å². The van der Waals surface area contributed by atoms with Gasteiger partial charge in [0.25, 0.3) is 11.8 Å². The van der Waals surface area contributed by atoms with Gasteiger partial charge in [0.05, 0.1) is 5.69 Å². The molecular formula is C15H12N2O2S. The Hall–Kier alpha value is -2.06. The lowest BCUT2D eigenvalue weighted by Gasteiger charge is -2.15. The number of carbonyl (C=O) groups is 2. The molecule has 0 spiro atoms. The van der Waals surface area contributed by atoms with E-state index >= 15 is 0 Å². The van der Waals surface area contributed by atoms with Gasteiger partial charge < -0.3 is 0 Å². The number of imide groups is 1. The molecule has 1 aromatic carbocycles. The first-order valence-corrected chi connectivity index (χ1v) is 7.31. The fourth-order valence-corrected chi connectivity index (χ4v) is 3.07. The SMILES string of the molecule is N#CSc1ccc(N2C(=O)C3=C(CCCC3)C2=O)cc1. The smallest absolute Gasteiger partial charge is 0.261 e. The minimum atomic E-state index is -0.176. The van der Waals surface area contributed by atoms with Gasteiger partial charge >= 0.3 is 0 Å². The molecular weight excluding hydrogens is 272 g/mol. The molecule has 3 rings (SSSR count). The van der Waals surface area contributed by atoms with Crippen LogP contribution in [0.1, 0.15) is 25.7 Å². The number of thioether (sulfide) groups is 1. The number of rotatable bonds is 2.